The van der Waals surface area contributed by atoms with Gasteiger partial charge in [-0.3, -0.25) is 9.88 Å². The molecule has 1 atom stereocenters. The van der Waals surface area contributed by atoms with Crippen LogP contribution in [0, 0.1) is 0 Å². The monoisotopic (exact) mass is 275 g/mol. The summed E-state index contributed by atoms with van der Waals surface area (Å²) in [5.74, 6) is 0. The molecule has 1 N–H and O–H groups in total. The van der Waals surface area contributed by atoms with E-state index in [9.17, 15) is 0 Å². The highest BCUT2D eigenvalue weighted by atomic mass is 35.5. The average Bonchev–Trinajstić information content (AvgIpc) is 2.87. The van der Waals surface area contributed by atoms with Crippen LogP contribution in [0.3, 0.4) is 0 Å². The molecule has 1 aromatic heterocycles. The molecule has 2 heterocycles. The van der Waals surface area contributed by atoms with Crippen molar-refractivity contribution in [3.63, 3.8) is 0 Å². The summed E-state index contributed by atoms with van der Waals surface area (Å²) >= 11 is 6.31. The van der Waals surface area contributed by atoms with Crippen LogP contribution in [0.2, 0.25) is 5.02 Å². The van der Waals surface area contributed by atoms with Gasteiger partial charge >= 0.3 is 0 Å². The summed E-state index contributed by atoms with van der Waals surface area (Å²) in [7, 11) is 2.04. The summed E-state index contributed by atoms with van der Waals surface area (Å²) < 4.78 is 0. The van der Waals surface area contributed by atoms with E-state index in [1.54, 1.807) is 6.20 Å². The Morgan fingerprint density at radius 2 is 2.32 bits per heavy atom. The van der Waals surface area contributed by atoms with Crippen LogP contribution in [0.15, 0.2) is 30.6 Å². The topological polar surface area (TPSA) is 28.2 Å². The lowest BCUT2D eigenvalue weighted by Gasteiger charge is -2.17. The van der Waals surface area contributed by atoms with Crippen molar-refractivity contribution in [2.75, 3.05) is 20.1 Å². The maximum absolute atomic E-state index is 6.31. The van der Waals surface area contributed by atoms with Gasteiger partial charge < -0.3 is 5.32 Å². The second-order valence-electron chi connectivity index (χ2n) is 5.15. The number of benzene rings is 1. The standard InChI is InChI=1S/C15H18ClN3/c1-17-13-5-6-19(10-13)9-12-4-2-3-11-7-18-8-14(16)15(11)12/h2-4,7-8,13,17H,5-6,9-10H2,1H3/t13-/m0/s1. The minimum Gasteiger partial charge on any atom is -0.316 e. The first-order chi connectivity index (χ1) is 9.28. The summed E-state index contributed by atoms with van der Waals surface area (Å²) in [5, 5.41) is 6.36. The normalized spacial score (nSPS) is 20.2. The molecule has 0 aliphatic carbocycles. The van der Waals surface area contributed by atoms with Gasteiger partial charge in [0.05, 0.1) is 5.02 Å². The molecule has 3 nitrogen and oxygen atoms in total. The Kier molecular flexibility index (Phi) is 3.69. The van der Waals surface area contributed by atoms with Gasteiger partial charge in [-0.1, -0.05) is 29.8 Å². The van der Waals surface area contributed by atoms with Gasteiger partial charge in [0, 0.05) is 48.8 Å². The van der Waals surface area contributed by atoms with Crippen molar-refractivity contribution in [1.29, 1.82) is 0 Å². The molecular weight excluding hydrogens is 258 g/mol. The van der Waals surface area contributed by atoms with Crippen LogP contribution in [0.5, 0.6) is 0 Å². The van der Waals surface area contributed by atoms with Crippen LogP contribution in [-0.4, -0.2) is 36.1 Å². The fourth-order valence-corrected chi connectivity index (χ4v) is 3.14. The van der Waals surface area contributed by atoms with Gasteiger partial charge in [0.2, 0.25) is 0 Å². The Labute approximate surface area is 118 Å². The first-order valence-corrected chi connectivity index (χ1v) is 7.06. The fraction of sp³-hybridized carbons (Fsp3) is 0.400. The number of likely N-dealkylation sites (tertiary alicyclic amines) is 1. The number of aromatic nitrogens is 1. The summed E-state index contributed by atoms with van der Waals surface area (Å²) in [6.07, 6.45) is 4.83. The third-order valence-electron chi connectivity index (χ3n) is 3.90. The third kappa shape index (κ3) is 2.59. The number of likely N-dealkylation sites (N-methyl/N-ethyl adjacent to an activating group) is 1. The first kappa shape index (κ1) is 12.9. The lowest BCUT2D eigenvalue weighted by atomic mass is 10.1. The minimum absolute atomic E-state index is 0.618. The van der Waals surface area contributed by atoms with E-state index in [2.05, 4.69) is 33.4 Å². The van der Waals surface area contributed by atoms with E-state index in [-0.39, 0.29) is 0 Å². The number of hydrogen-bond acceptors (Lipinski definition) is 3. The number of pyridine rings is 1. The van der Waals surface area contributed by atoms with E-state index in [1.165, 1.54) is 12.0 Å². The van der Waals surface area contributed by atoms with Crippen LogP contribution in [-0.2, 0) is 6.54 Å². The Hall–Kier alpha value is -1.16. The van der Waals surface area contributed by atoms with Crippen molar-refractivity contribution in [3.8, 4) is 0 Å². The molecule has 100 valence electrons. The zero-order chi connectivity index (χ0) is 13.2. The van der Waals surface area contributed by atoms with Gasteiger partial charge in [-0.25, -0.2) is 0 Å². The molecular formula is C15H18ClN3. The van der Waals surface area contributed by atoms with Gasteiger partial charge in [-0.15, -0.1) is 0 Å². The Bertz CT molecular complexity index is 579. The van der Waals surface area contributed by atoms with Crippen LogP contribution in [0.4, 0.5) is 0 Å². The molecule has 0 spiro atoms. The summed E-state index contributed by atoms with van der Waals surface area (Å²) in [5.41, 5.74) is 1.29. The van der Waals surface area contributed by atoms with Gasteiger partial charge in [0.1, 0.15) is 0 Å². The lowest BCUT2D eigenvalue weighted by Crippen LogP contribution is -2.29. The maximum atomic E-state index is 6.31. The van der Waals surface area contributed by atoms with Crippen LogP contribution in [0.1, 0.15) is 12.0 Å². The fourth-order valence-electron chi connectivity index (χ4n) is 2.85. The second-order valence-corrected chi connectivity index (χ2v) is 5.55. The van der Waals surface area contributed by atoms with Gasteiger partial charge in [-0.2, -0.15) is 0 Å². The molecule has 3 rings (SSSR count). The molecule has 4 heteroatoms. The predicted molar refractivity (Wildman–Crippen MR) is 79.5 cm³/mol. The predicted octanol–water partition coefficient (Wildman–Crippen LogP) is 2.68. The minimum atomic E-state index is 0.618. The molecule has 0 saturated carbocycles. The molecule has 0 amide bonds. The third-order valence-corrected chi connectivity index (χ3v) is 4.18. The lowest BCUT2D eigenvalue weighted by molar-refractivity contribution is 0.323. The smallest absolute Gasteiger partial charge is 0.0670 e. The maximum Gasteiger partial charge on any atom is 0.0670 e. The van der Waals surface area contributed by atoms with Gasteiger partial charge in [-0.05, 0) is 19.0 Å². The zero-order valence-corrected chi connectivity index (χ0v) is 11.8. The quantitative estimate of drug-likeness (QED) is 0.934. The Morgan fingerprint density at radius 3 is 3.11 bits per heavy atom. The Balaban J connectivity index is 1.89. The van der Waals surface area contributed by atoms with E-state index in [0.717, 1.165) is 35.4 Å². The number of fused-ring (bicyclic) bond motifs is 1. The van der Waals surface area contributed by atoms with Crippen LogP contribution in [0.25, 0.3) is 10.8 Å². The van der Waals surface area contributed by atoms with E-state index >= 15 is 0 Å². The molecule has 1 aliphatic rings. The van der Waals surface area contributed by atoms with Crippen LogP contribution < -0.4 is 5.32 Å². The second kappa shape index (κ2) is 5.45. The summed E-state index contributed by atoms with van der Waals surface area (Å²) in [6, 6.07) is 6.94. The molecule has 1 saturated heterocycles. The molecule has 1 aliphatic heterocycles. The van der Waals surface area contributed by atoms with E-state index in [1.807, 2.05) is 13.2 Å². The van der Waals surface area contributed by atoms with Gasteiger partial charge in [0.15, 0.2) is 0 Å². The van der Waals surface area contributed by atoms with Crippen molar-refractivity contribution in [1.82, 2.24) is 15.2 Å². The molecule has 0 radical (unpaired) electrons. The zero-order valence-electron chi connectivity index (χ0n) is 11.1. The summed E-state index contributed by atoms with van der Waals surface area (Å²) in [4.78, 5) is 6.63. The largest absolute Gasteiger partial charge is 0.316 e. The first-order valence-electron chi connectivity index (χ1n) is 6.68. The number of nitrogens with zero attached hydrogens (tertiary/aromatic N) is 2. The number of hydrogen-bond donors (Lipinski definition) is 1. The summed E-state index contributed by atoms with van der Waals surface area (Å²) in [6.45, 7) is 3.21. The number of nitrogens with one attached hydrogen (secondary N) is 1. The molecule has 0 bridgehead atoms. The highest BCUT2D eigenvalue weighted by molar-refractivity contribution is 6.35. The van der Waals surface area contributed by atoms with Crippen molar-refractivity contribution < 1.29 is 0 Å². The van der Waals surface area contributed by atoms with Crippen molar-refractivity contribution in [2.24, 2.45) is 0 Å². The van der Waals surface area contributed by atoms with Crippen molar-refractivity contribution in [2.45, 2.75) is 19.0 Å². The highest BCUT2D eigenvalue weighted by Crippen LogP contribution is 2.27. The molecule has 1 aromatic carbocycles. The van der Waals surface area contributed by atoms with E-state index in [0.29, 0.717) is 6.04 Å². The van der Waals surface area contributed by atoms with Crippen LogP contribution >= 0.6 is 11.6 Å². The average molecular weight is 276 g/mol. The molecule has 0 unspecified atom stereocenters. The molecule has 19 heavy (non-hydrogen) atoms. The SMILES string of the molecule is CN[C@H]1CCN(Cc2cccc3cncc(Cl)c23)C1. The van der Waals surface area contributed by atoms with Gasteiger partial charge in [0.25, 0.3) is 0 Å². The number of halogens is 1. The molecule has 2 aromatic rings. The molecule has 1 fully saturated rings. The van der Waals surface area contributed by atoms with Crippen molar-refractivity contribution in [3.05, 3.63) is 41.2 Å². The van der Waals surface area contributed by atoms with E-state index < -0.39 is 0 Å². The number of rotatable bonds is 3. The Morgan fingerprint density at radius 1 is 1.42 bits per heavy atom. The van der Waals surface area contributed by atoms with Crippen molar-refractivity contribution >= 4 is 22.4 Å². The highest BCUT2D eigenvalue weighted by Gasteiger charge is 2.21. The van der Waals surface area contributed by atoms with E-state index in [4.69, 9.17) is 11.6 Å².